The van der Waals surface area contributed by atoms with Crippen molar-refractivity contribution in [3.05, 3.63) is 63.8 Å². The Hall–Kier alpha value is -2.79. The maximum absolute atomic E-state index is 12.6. The van der Waals surface area contributed by atoms with Crippen LogP contribution in [0.4, 0.5) is 0 Å². The number of methoxy groups -OCH3 is 2. The van der Waals surface area contributed by atoms with E-state index in [1.54, 1.807) is 14.2 Å². The molecule has 0 spiro atoms. The van der Waals surface area contributed by atoms with Gasteiger partial charge in [-0.3, -0.25) is 9.78 Å². The number of benzene rings is 2. The lowest BCUT2D eigenvalue weighted by Gasteiger charge is -2.11. The molecule has 29 heavy (non-hydrogen) atoms. The van der Waals surface area contributed by atoms with Gasteiger partial charge >= 0.3 is 0 Å². The maximum Gasteiger partial charge on any atom is 0.251 e. The third-order valence-corrected chi connectivity index (χ3v) is 5.78. The summed E-state index contributed by atoms with van der Waals surface area (Å²) in [5, 5.41) is 4.67. The average Bonchev–Trinajstić information content (AvgIpc) is 3.22. The van der Waals surface area contributed by atoms with Gasteiger partial charge in [0.2, 0.25) is 0 Å². The lowest BCUT2D eigenvalue weighted by atomic mass is 10.1. The Morgan fingerprint density at radius 3 is 2.72 bits per heavy atom. The fourth-order valence-electron chi connectivity index (χ4n) is 3.81. The molecule has 2 aromatic carbocycles. The number of pyridine rings is 1. The number of hydrogen-bond acceptors (Lipinski definition) is 4. The van der Waals surface area contributed by atoms with Gasteiger partial charge in [-0.15, -0.1) is 0 Å². The highest BCUT2D eigenvalue weighted by molar-refractivity contribution is 6.36. The van der Waals surface area contributed by atoms with Crippen LogP contribution in [-0.2, 0) is 19.3 Å². The largest absolute Gasteiger partial charge is 0.493 e. The van der Waals surface area contributed by atoms with Gasteiger partial charge in [0.15, 0.2) is 11.5 Å². The smallest absolute Gasteiger partial charge is 0.251 e. The number of nitrogens with one attached hydrogen (secondary N) is 1. The standard InChI is InChI=1S/C23H23ClN2O3/c1-28-20-9-6-14(12-21(20)29-2)10-11-25-23(27)15-7-8-17-19(13-15)26-18-5-3-4-16(18)22(17)24/h6-9,12-13H,3-5,10-11H2,1-2H3,(H,25,27). The number of carbonyl (C=O) groups excluding carboxylic acids is 1. The number of aromatic nitrogens is 1. The van der Waals surface area contributed by atoms with Gasteiger partial charge in [0, 0.05) is 23.2 Å². The molecule has 5 nitrogen and oxygen atoms in total. The Balaban J connectivity index is 1.45. The van der Waals surface area contributed by atoms with Gasteiger partial charge in [-0.05, 0) is 61.1 Å². The molecule has 0 aliphatic heterocycles. The minimum Gasteiger partial charge on any atom is -0.493 e. The molecule has 1 aliphatic carbocycles. The Morgan fingerprint density at radius 1 is 1.10 bits per heavy atom. The predicted molar refractivity (Wildman–Crippen MR) is 114 cm³/mol. The van der Waals surface area contributed by atoms with E-state index in [1.165, 1.54) is 0 Å². The minimum atomic E-state index is -0.120. The highest BCUT2D eigenvalue weighted by Crippen LogP contribution is 2.33. The van der Waals surface area contributed by atoms with Gasteiger partial charge in [-0.25, -0.2) is 0 Å². The summed E-state index contributed by atoms with van der Waals surface area (Å²) in [6.45, 7) is 0.519. The molecule has 0 saturated carbocycles. The van der Waals surface area contributed by atoms with Crippen molar-refractivity contribution in [2.45, 2.75) is 25.7 Å². The van der Waals surface area contributed by atoms with E-state index < -0.39 is 0 Å². The molecule has 1 heterocycles. The van der Waals surface area contributed by atoms with E-state index in [2.05, 4.69) is 5.32 Å². The second-order valence-electron chi connectivity index (χ2n) is 7.13. The topological polar surface area (TPSA) is 60.5 Å². The van der Waals surface area contributed by atoms with E-state index in [1.807, 2.05) is 36.4 Å². The Labute approximate surface area is 175 Å². The van der Waals surface area contributed by atoms with Crippen LogP contribution in [0.1, 0.15) is 33.6 Å². The van der Waals surface area contributed by atoms with Crippen LogP contribution >= 0.6 is 11.6 Å². The highest BCUT2D eigenvalue weighted by atomic mass is 35.5. The average molecular weight is 411 g/mol. The summed E-state index contributed by atoms with van der Waals surface area (Å²) < 4.78 is 10.6. The number of hydrogen-bond donors (Lipinski definition) is 1. The lowest BCUT2D eigenvalue weighted by Crippen LogP contribution is -2.25. The Morgan fingerprint density at radius 2 is 1.93 bits per heavy atom. The summed E-state index contributed by atoms with van der Waals surface area (Å²) in [5.74, 6) is 1.25. The van der Waals surface area contributed by atoms with E-state index >= 15 is 0 Å². The number of halogens is 1. The zero-order chi connectivity index (χ0) is 20.4. The van der Waals surface area contributed by atoms with Crippen LogP contribution in [-0.4, -0.2) is 31.7 Å². The zero-order valence-electron chi connectivity index (χ0n) is 16.5. The van der Waals surface area contributed by atoms with Gasteiger partial charge in [-0.1, -0.05) is 23.7 Å². The Bertz CT molecular complexity index is 1080. The predicted octanol–water partition coefficient (Wildman–Crippen LogP) is 4.37. The first-order valence-corrected chi connectivity index (χ1v) is 10.1. The molecule has 6 heteroatoms. The van der Waals surface area contributed by atoms with Crippen LogP contribution in [0.25, 0.3) is 10.9 Å². The summed E-state index contributed by atoms with van der Waals surface area (Å²) in [4.78, 5) is 17.3. The molecule has 1 aromatic heterocycles. The van der Waals surface area contributed by atoms with Gasteiger partial charge in [0.25, 0.3) is 5.91 Å². The molecule has 3 aromatic rings. The molecular weight excluding hydrogens is 388 g/mol. The number of aryl methyl sites for hydroxylation is 1. The van der Waals surface area contributed by atoms with E-state index in [0.717, 1.165) is 52.0 Å². The van der Waals surface area contributed by atoms with E-state index in [-0.39, 0.29) is 5.91 Å². The molecule has 0 fully saturated rings. The van der Waals surface area contributed by atoms with Crippen molar-refractivity contribution in [2.24, 2.45) is 0 Å². The molecular formula is C23H23ClN2O3. The van der Waals surface area contributed by atoms with Crippen molar-refractivity contribution in [2.75, 3.05) is 20.8 Å². The van der Waals surface area contributed by atoms with Crippen molar-refractivity contribution in [3.8, 4) is 11.5 Å². The van der Waals surface area contributed by atoms with Gasteiger partial charge in [-0.2, -0.15) is 0 Å². The summed E-state index contributed by atoms with van der Waals surface area (Å²) >= 11 is 6.56. The van der Waals surface area contributed by atoms with E-state index in [9.17, 15) is 4.79 Å². The quantitative estimate of drug-likeness (QED) is 0.655. The SMILES string of the molecule is COc1ccc(CCNC(=O)c2ccc3c(Cl)c4c(nc3c2)CCC4)cc1OC. The first-order valence-electron chi connectivity index (χ1n) is 9.71. The van der Waals surface area contributed by atoms with Crippen LogP contribution in [0.5, 0.6) is 11.5 Å². The first-order chi connectivity index (χ1) is 14.1. The van der Waals surface area contributed by atoms with Crippen LogP contribution in [0.2, 0.25) is 5.02 Å². The third kappa shape index (κ3) is 3.87. The van der Waals surface area contributed by atoms with Gasteiger partial charge < -0.3 is 14.8 Å². The minimum absolute atomic E-state index is 0.120. The molecule has 4 rings (SSSR count). The number of carbonyl (C=O) groups is 1. The maximum atomic E-state index is 12.6. The van der Waals surface area contributed by atoms with Crippen molar-refractivity contribution in [1.29, 1.82) is 0 Å². The summed E-state index contributed by atoms with van der Waals surface area (Å²) in [5.41, 5.74) is 4.65. The number of rotatable bonds is 6. The third-order valence-electron chi connectivity index (χ3n) is 5.35. The normalized spacial score (nSPS) is 12.7. The molecule has 0 unspecified atom stereocenters. The second kappa shape index (κ2) is 8.29. The van der Waals surface area contributed by atoms with Crippen LogP contribution in [0.3, 0.4) is 0 Å². The first kappa shape index (κ1) is 19.5. The molecule has 1 N–H and O–H groups in total. The molecule has 150 valence electrons. The van der Waals surface area contributed by atoms with Crippen LogP contribution in [0, 0.1) is 0 Å². The molecule has 0 saturated heterocycles. The summed E-state index contributed by atoms with van der Waals surface area (Å²) in [6.07, 6.45) is 3.71. The Kier molecular flexibility index (Phi) is 5.58. The van der Waals surface area contributed by atoms with Crippen molar-refractivity contribution < 1.29 is 14.3 Å². The van der Waals surface area contributed by atoms with Crippen molar-refractivity contribution in [1.82, 2.24) is 10.3 Å². The lowest BCUT2D eigenvalue weighted by molar-refractivity contribution is 0.0954. The van der Waals surface area contributed by atoms with Crippen molar-refractivity contribution >= 4 is 28.4 Å². The number of ether oxygens (including phenoxy) is 2. The summed E-state index contributed by atoms with van der Waals surface area (Å²) in [7, 11) is 3.22. The van der Waals surface area contributed by atoms with E-state index in [4.69, 9.17) is 26.1 Å². The molecule has 1 amide bonds. The number of nitrogens with zero attached hydrogens (tertiary/aromatic N) is 1. The fraction of sp³-hybridized carbons (Fsp3) is 0.304. The van der Waals surface area contributed by atoms with Crippen LogP contribution in [0.15, 0.2) is 36.4 Å². The zero-order valence-corrected chi connectivity index (χ0v) is 17.3. The van der Waals surface area contributed by atoms with Crippen molar-refractivity contribution in [3.63, 3.8) is 0 Å². The van der Waals surface area contributed by atoms with Gasteiger partial charge in [0.1, 0.15) is 0 Å². The molecule has 1 aliphatic rings. The second-order valence-corrected chi connectivity index (χ2v) is 7.51. The molecule has 0 bridgehead atoms. The number of fused-ring (bicyclic) bond motifs is 2. The molecule has 0 radical (unpaired) electrons. The highest BCUT2D eigenvalue weighted by Gasteiger charge is 2.19. The molecule has 0 atom stereocenters. The monoisotopic (exact) mass is 410 g/mol. The number of amides is 1. The van der Waals surface area contributed by atoms with E-state index in [0.29, 0.717) is 30.0 Å². The van der Waals surface area contributed by atoms with Gasteiger partial charge in [0.05, 0.1) is 24.8 Å². The van der Waals surface area contributed by atoms with Crippen LogP contribution < -0.4 is 14.8 Å². The fourth-order valence-corrected chi connectivity index (χ4v) is 4.17. The summed E-state index contributed by atoms with van der Waals surface area (Å²) in [6, 6.07) is 11.3.